The fraction of sp³-hybridized carbons (Fsp3) is 0.714. The van der Waals surface area contributed by atoms with Crippen LogP contribution in [0.3, 0.4) is 0 Å². The first-order valence-electron chi connectivity index (χ1n) is 7.23. The molecule has 0 amide bonds. The van der Waals surface area contributed by atoms with Crippen LogP contribution in [0.1, 0.15) is 25.6 Å². The van der Waals surface area contributed by atoms with Crippen LogP contribution in [0.5, 0.6) is 0 Å². The zero-order valence-electron chi connectivity index (χ0n) is 12.3. The molecular formula is C14H24N4O2. The van der Waals surface area contributed by atoms with Gasteiger partial charge in [-0.1, -0.05) is 0 Å². The molecule has 2 N–H and O–H groups in total. The molecule has 20 heavy (non-hydrogen) atoms. The van der Waals surface area contributed by atoms with Crippen molar-refractivity contribution in [2.45, 2.75) is 26.4 Å². The van der Waals surface area contributed by atoms with Gasteiger partial charge in [0, 0.05) is 39.4 Å². The zero-order valence-corrected chi connectivity index (χ0v) is 12.3. The molecular weight excluding hydrogens is 256 g/mol. The predicted octanol–water partition coefficient (Wildman–Crippen LogP) is 1.26. The van der Waals surface area contributed by atoms with E-state index in [-0.39, 0.29) is 6.61 Å². The third kappa shape index (κ3) is 3.80. The smallest absolute Gasteiger partial charge is 0.158 e. The molecule has 0 bridgehead atoms. The number of nitrogens with one attached hydrogen (secondary N) is 1. The van der Waals surface area contributed by atoms with Gasteiger partial charge in [-0.3, -0.25) is 0 Å². The molecule has 1 aliphatic heterocycles. The van der Waals surface area contributed by atoms with Gasteiger partial charge in [-0.25, -0.2) is 9.97 Å². The van der Waals surface area contributed by atoms with Crippen molar-refractivity contribution in [1.29, 1.82) is 0 Å². The molecule has 1 unspecified atom stereocenters. The number of rotatable bonds is 7. The fourth-order valence-electron chi connectivity index (χ4n) is 2.57. The van der Waals surface area contributed by atoms with Crippen LogP contribution in [-0.4, -0.2) is 48.4 Å². The van der Waals surface area contributed by atoms with Crippen molar-refractivity contribution in [2.24, 2.45) is 5.92 Å². The second-order valence-electron chi connectivity index (χ2n) is 5.10. The van der Waals surface area contributed by atoms with Gasteiger partial charge in [0.05, 0.1) is 0 Å². The van der Waals surface area contributed by atoms with Gasteiger partial charge < -0.3 is 20.1 Å². The van der Waals surface area contributed by atoms with Crippen LogP contribution in [0.2, 0.25) is 0 Å². The molecule has 0 saturated carbocycles. The summed E-state index contributed by atoms with van der Waals surface area (Å²) in [4.78, 5) is 11.3. The summed E-state index contributed by atoms with van der Waals surface area (Å²) in [7, 11) is 1.65. The monoisotopic (exact) mass is 280 g/mol. The van der Waals surface area contributed by atoms with Crippen LogP contribution in [0.25, 0.3) is 0 Å². The third-order valence-electron chi connectivity index (χ3n) is 3.54. The standard InChI is InChI=1S/C14H24N4O2/c1-3-15-12-8-14(17-13(16-12)10-20-2)18-6-4-11(9-18)5-7-19/h8,11,19H,3-7,9-10H2,1-2H3,(H,15,16,17). The molecule has 1 fully saturated rings. The van der Waals surface area contributed by atoms with Crippen molar-refractivity contribution in [3.05, 3.63) is 11.9 Å². The Labute approximate surface area is 120 Å². The Morgan fingerprint density at radius 1 is 1.50 bits per heavy atom. The average molecular weight is 280 g/mol. The highest BCUT2D eigenvalue weighted by molar-refractivity contribution is 5.50. The van der Waals surface area contributed by atoms with E-state index >= 15 is 0 Å². The van der Waals surface area contributed by atoms with E-state index in [1.807, 2.05) is 13.0 Å². The molecule has 0 aliphatic carbocycles. The zero-order chi connectivity index (χ0) is 14.4. The third-order valence-corrected chi connectivity index (χ3v) is 3.54. The number of hydrogen-bond acceptors (Lipinski definition) is 6. The molecule has 0 radical (unpaired) electrons. The lowest BCUT2D eigenvalue weighted by molar-refractivity contribution is 0.178. The lowest BCUT2D eigenvalue weighted by Gasteiger charge is -2.19. The van der Waals surface area contributed by atoms with Crippen molar-refractivity contribution in [2.75, 3.05) is 43.6 Å². The Morgan fingerprint density at radius 2 is 2.35 bits per heavy atom. The van der Waals surface area contributed by atoms with Gasteiger partial charge in [-0.15, -0.1) is 0 Å². The number of ether oxygens (including phenoxy) is 1. The van der Waals surface area contributed by atoms with Gasteiger partial charge in [0.2, 0.25) is 0 Å². The Hall–Kier alpha value is -1.40. The van der Waals surface area contributed by atoms with Crippen LogP contribution in [0.15, 0.2) is 6.07 Å². The Balaban J connectivity index is 2.13. The second kappa shape index (κ2) is 7.40. The molecule has 1 atom stereocenters. The maximum absolute atomic E-state index is 9.04. The van der Waals surface area contributed by atoms with E-state index in [0.717, 1.165) is 44.1 Å². The second-order valence-corrected chi connectivity index (χ2v) is 5.10. The van der Waals surface area contributed by atoms with Gasteiger partial charge in [0.25, 0.3) is 0 Å². The molecule has 6 heteroatoms. The first-order valence-corrected chi connectivity index (χ1v) is 7.23. The van der Waals surface area contributed by atoms with E-state index in [4.69, 9.17) is 9.84 Å². The van der Waals surface area contributed by atoms with Gasteiger partial charge in [0.1, 0.15) is 18.2 Å². The van der Waals surface area contributed by atoms with E-state index in [1.54, 1.807) is 7.11 Å². The van der Waals surface area contributed by atoms with Crippen LogP contribution in [0.4, 0.5) is 11.6 Å². The lowest BCUT2D eigenvalue weighted by atomic mass is 10.1. The molecule has 2 heterocycles. The minimum absolute atomic E-state index is 0.264. The van der Waals surface area contributed by atoms with Crippen LogP contribution in [-0.2, 0) is 11.3 Å². The summed E-state index contributed by atoms with van der Waals surface area (Å²) >= 11 is 0. The summed E-state index contributed by atoms with van der Waals surface area (Å²) in [5.74, 6) is 3.05. The first kappa shape index (κ1) is 15.0. The molecule has 0 aromatic carbocycles. The number of hydrogen-bond donors (Lipinski definition) is 2. The van der Waals surface area contributed by atoms with E-state index in [0.29, 0.717) is 18.3 Å². The lowest BCUT2D eigenvalue weighted by Crippen LogP contribution is -2.22. The van der Waals surface area contributed by atoms with Crippen molar-refractivity contribution >= 4 is 11.6 Å². The Morgan fingerprint density at radius 3 is 3.05 bits per heavy atom. The van der Waals surface area contributed by atoms with Gasteiger partial charge in [-0.2, -0.15) is 0 Å². The minimum Gasteiger partial charge on any atom is -0.396 e. The SMILES string of the molecule is CCNc1cc(N2CCC(CCO)C2)nc(COC)n1. The predicted molar refractivity (Wildman–Crippen MR) is 78.9 cm³/mol. The van der Waals surface area contributed by atoms with Crippen molar-refractivity contribution in [3.63, 3.8) is 0 Å². The summed E-state index contributed by atoms with van der Waals surface area (Å²) < 4.78 is 5.13. The maximum Gasteiger partial charge on any atom is 0.158 e. The fourth-order valence-corrected chi connectivity index (χ4v) is 2.57. The number of aliphatic hydroxyl groups is 1. The minimum atomic E-state index is 0.264. The normalized spacial score (nSPS) is 18.6. The highest BCUT2D eigenvalue weighted by atomic mass is 16.5. The van der Waals surface area contributed by atoms with E-state index in [9.17, 15) is 0 Å². The molecule has 1 aliphatic rings. The van der Waals surface area contributed by atoms with Gasteiger partial charge >= 0.3 is 0 Å². The Kier molecular flexibility index (Phi) is 5.55. The molecule has 1 aromatic rings. The summed E-state index contributed by atoms with van der Waals surface area (Å²) in [5.41, 5.74) is 0. The highest BCUT2D eigenvalue weighted by Crippen LogP contribution is 2.25. The van der Waals surface area contributed by atoms with Crippen molar-refractivity contribution in [3.8, 4) is 0 Å². The Bertz CT molecular complexity index is 403. The summed E-state index contributed by atoms with van der Waals surface area (Å²) in [6, 6.07) is 1.99. The number of nitrogens with zero attached hydrogens (tertiary/aromatic N) is 3. The van der Waals surface area contributed by atoms with E-state index in [1.165, 1.54) is 0 Å². The van der Waals surface area contributed by atoms with Crippen LogP contribution < -0.4 is 10.2 Å². The topological polar surface area (TPSA) is 70.5 Å². The quantitative estimate of drug-likeness (QED) is 0.783. The average Bonchev–Trinajstić information content (AvgIpc) is 2.88. The number of aromatic nitrogens is 2. The van der Waals surface area contributed by atoms with E-state index < -0.39 is 0 Å². The first-order chi connectivity index (χ1) is 9.76. The van der Waals surface area contributed by atoms with Gasteiger partial charge in [0.15, 0.2) is 5.82 Å². The van der Waals surface area contributed by atoms with Crippen molar-refractivity contribution in [1.82, 2.24) is 9.97 Å². The summed E-state index contributed by atoms with van der Waals surface area (Å²) in [6.45, 7) is 5.50. The molecule has 112 valence electrons. The largest absolute Gasteiger partial charge is 0.396 e. The number of anilines is 2. The number of methoxy groups -OCH3 is 1. The number of aliphatic hydroxyl groups excluding tert-OH is 1. The summed E-state index contributed by atoms with van der Waals surface area (Å²) in [6.07, 6.45) is 1.98. The molecule has 0 spiro atoms. The molecule has 6 nitrogen and oxygen atoms in total. The van der Waals surface area contributed by atoms with Crippen LogP contribution in [0, 0.1) is 5.92 Å². The van der Waals surface area contributed by atoms with Gasteiger partial charge in [-0.05, 0) is 25.7 Å². The van der Waals surface area contributed by atoms with Crippen molar-refractivity contribution < 1.29 is 9.84 Å². The highest BCUT2D eigenvalue weighted by Gasteiger charge is 2.23. The molecule has 1 aromatic heterocycles. The van der Waals surface area contributed by atoms with E-state index in [2.05, 4.69) is 20.2 Å². The summed E-state index contributed by atoms with van der Waals surface area (Å²) in [5, 5.41) is 12.3. The molecule has 1 saturated heterocycles. The maximum atomic E-state index is 9.04. The van der Waals surface area contributed by atoms with Crippen LogP contribution >= 0.6 is 0 Å². The molecule has 2 rings (SSSR count).